The van der Waals surface area contributed by atoms with Crippen molar-refractivity contribution in [2.24, 2.45) is 10.9 Å². The Kier molecular flexibility index (Phi) is 4.39. The number of hydrogen-bond acceptors (Lipinski definition) is 3. The van der Waals surface area contributed by atoms with Crippen molar-refractivity contribution in [1.82, 2.24) is 0 Å². The summed E-state index contributed by atoms with van der Waals surface area (Å²) in [7, 11) is 0. The van der Waals surface area contributed by atoms with Crippen molar-refractivity contribution in [3.63, 3.8) is 0 Å². The molecule has 0 aliphatic rings. The smallest absolute Gasteiger partial charge is 0.255 e. The Hall–Kier alpha value is -2.60. The molecule has 0 atom stereocenters. The number of anilines is 1. The van der Waals surface area contributed by atoms with Gasteiger partial charge in [0, 0.05) is 11.1 Å². The van der Waals surface area contributed by atoms with E-state index < -0.39 is 11.7 Å². The number of nitrogens with one attached hydrogen (secondary N) is 1. The van der Waals surface area contributed by atoms with Gasteiger partial charge >= 0.3 is 0 Å². The van der Waals surface area contributed by atoms with Crippen molar-refractivity contribution in [3.8, 4) is 0 Å². The van der Waals surface area contributed by atoms with Crippen LogP contribution in [-0.2, 0) is 0 Å². The summed E-state index contributed by atoms with van der Waals surface area (Å²) in [5.41, 5.74) is 6.40. The van der Waals surface area contributed by atoms with E-state index in [1.807, 2.05) is 0 Å². The average Bonchev–Trinajstić information content (AvgIpc) is 2.50. The monoisotopic (exact) mass is 307 g/mol. The lowest BCUT2D eigenvalue weighted by atomic mass is 10.1. The molecule has 108 valence electrons. The van der Waals surface area contributed by atoms with E-state index in [-0.39, 0.29) is 16.5 Å². The van der Waals surface area contributed by atoms with Crippen LogP contribution >= 0.6 is 11.6 Å². The molecule has 21 heavy (non-hydrogen) atoms. The lowest BCUT2D eigenvalue weighted by Gasteiger charge is -2.08. The van der Waals surface area contributed by atoms with Crippen LogP contribution in [0.5, 0.6) is 0 Å². The molecule has 0 aromatic heterocycles. The maximum Gasteiger partial charge on any atom is 0.255 e. The zero-order chi connectivity index (χ0) is 15.4. The average molecular weight is 308 g/mol. The minimum atomic E-state index is -0.503. The first kappa shape index (κ1) is 14.8. The van der Waals surface area contributed by atoms with Gasteiger partial charge in [-0.15, -0.1) is 0 Å². The summed E-state index contributed by atoms with van der Waals surface area (Å²) in [4.78, 5) is 12.0. The molecular formula is C14H11ClFN3O2. The van der Waals surface area contributed by atoms with E-state index in [0.717, 1.165) is 6.07 Å². The fourth-order valence-corrected chi connectivity index (χ4v) is 1.80. The molecule has 0 bridgehead atoms. The van der Waals surface area contributed by atoms with Crippen molar-refractivity contribution < 1.29 is 14.4 Å². The molecule has 0 aliphatic carbocycles. The van der Waals surface area contributed by atoms with Gasteiger partial charge in [-0.05, 0) is 30.3 Å². The second-order valence-electron chi connectivity index (χ2n) is 4.14. The van der Waals surface area contributed by atoms with Crippen LogP contribution in [0.25, 0.3) is 0 Å². The third-order valence-corrected chi connectivity index (χ3v) is 3.06. The molecule has 0 fully saturated rings. The Morgan fingerprint density at radius 1 is 1.19 bits per heavy atom. The Labute approximate surface area is 124 Å². The molecule has 2 aromatic carbocycles. The SMILES string of the molecule is N/C(=N/O)c1ccc(C(=O)Nc2cc(F)ccc2Cl)cc1. The van der Waals surface area contributed by atoms with Gasteiger partial charge in [0.2, 0.25) is 0 Å². The quantitative estimate of drug-likeness (QED) is 0.352. The number of amidine groups is 1. The predicted molar refractivity (Wildman–Crippen MR) is 78.3 cm³/mol. The molecule has 0 saturated heterocycles. The first-order valence-corrected chi connectivity index (χ1v) is 6.23. The summed E-state index contributed by atoms with van der Waals surface area (Å²) in [6.45, 7) is 0. The first-order chi connectivity index (χ1) is 10.0. The predicted octanol–water partition coefficient (Wildman–Crippen LogP) is 2.83. The minimum Gasteiger partial charge on any atom is -0.409 e. The number of amides is 1. The Bertz CT molecular complexity index is 702. The summed E-state index contributed by atoms with van der Waals surface area (Å²) < 4.78 is 13.1. The van der Waals surface area contributed by atoms with Gasteiger partial charge in [-0.2, -0.15) is 0 Å². The van der Waals surface area contributed by atoms with Gasteiger partial charge in [0.25, 0.3) is 5.91 Å². The van der Waals surface area contributed by atoms with Gasteiger partial charge in [0.1, 0.15) is 5.82 Å². The third-order valence-electron chi connectivity index (χ3n) is 2.73. The topological polar surface area (TPSA) is 87.7 Å². The Morgan fingerprint density at radius 2 is 1.81 bits per heavy atom. The second kappa shape index (κ2) is 6.23. The molecule has 2 aromatic rings. The fraction of sp³-hybridized carbons (Fsp3) is 0. The number of halogens is 2. The summed E-state index contributed by atoms with van der Waals surface area (Å²) in [5.74, 6) is -1.01. The molecule has 0 aliphatic heterocycles. The van der Waals surface area contributed by atoms with Gasteiger partial charge in [-0.1, -0.05) is 28.9 Å². The molecule has 0 spiro atoms. The van der Waals surface area contributed by atoms with E-state index in [1.165, 1.54) is 36.4 Å². The van der Waals surface area contributed by atoms with Crippen LogP contribution in [-0.4, -0.2) is 17.0 Å². The maximum atomic E-state index is 13.1. The van der Waals surface area contributed by atoms with E-state index in [0.29, 0.717) is 11.1 Å². The number of nitrogens with zero attached hydrogens (tertiary/aromatic N) is 1. The summed E-state index contributed by atoms with van der Waals surface area (Å²) in [6.07, 6.45) is 0. The standard InChI is InChI=1S/C14H11ClFN3O2/c15-11-6-5-10(16)7-12(11)18-14(20)9-3-1-8(2-4-9)13(17)19-21/h1-7,21H,(H2,17,19)(H,18,20). The highest BCUT2D eigenvalue weighted by atomic mass is 35.5. The molecule has 0 unspecified atom stereocenters. The number of oxime groups is 1. The van der Waals surface area contributed by atoms with Crippen LogP contribution in [0.2, 0.25) is 5.02 Å². The van der Waals surface area contributed by atoms with Crippen molar-refractivity contribution in [2.75, 3.05) is 5.32 Å². The zero-order valence-corrected chi connectivity index (χ0v) is 11.4. The largest absolute Gasteiger partial charge is 0.409 e. The van der Waals surface area contributed by atoms with Crippen LogP contribution in [0.3, 0.4) is 0 Å². The molecule has 0 heterocycles. The van der Waals surface area contributed by atoms with Crippen molar-refractivity contribution in [3.05, 3.63) is 64.4 Å². The van der Waals surface area contributed by atoms with E-state index >= 15 is 0 Å². The van der Waals surface area contributed by atoms with Gasteiger partial charge in [0.05, 0.1) is 10.7 Å². The lowest BCUT2D eigenvalue weighted by Crippen LogP contribution is -2.15. The molecule has 4 N–H and O–H groups in total. The molecule has 5 nitrogen and oxygen atoms in total. The van der Waals surface area contributed by atoms with E-state index in [4.69, 9.17) is 22.5 Å². The van der Waals surface area contributed by atoms with Crippen molar-refractivity contribution in [1.29, 1.82) is 0 Å². The second-order valence-corrected chi connectivity index (χ2v) is 4.55. The number of rotatable bonds is 3. The van der Waals surface area contributed by atoms with E-state index in [9.17, 15) is 9.18 Å². The summed E-state index contributed by atoms with van der Waals surface area (Å²) in [5, 5.41) is 14.2. The zero-order valence-electron chi connectivity index (χ0n) is 10.7. The van der Waals surface area contributed by atoms with Gasteiger partial charge < -0.3 is 16.3 Å². The molecule has 0 saturated carbocycles. The fourth-order valence-electron chi connectivity index (χ4n) is 1.64. The number of benzene rings is 2. The molecular weight excluding hydrogens is 297 g/mol. The maximum absolute atomic E-state index is 13.1. The van der Waals surface area contributed by atoms with Crippen LogP contribution in [0.4, 0.5) is 10.1 Å². The van der Waals surface area contributed by atoms with Crippen LogP contribution in [0.15, 0.2) is 47.6 Å². The Morgan fingerprint density at radius 3 is 2.43 bits per heavy atom. The normalized spacial score (nSPS) is 11.2. The van der Waals surface area contributed by atoms with Gasteiger partial charge in [-0.3, -0.25) is 4.79 Å². The minimum absolute atomic E-state index is 0.0601. The van der Waals surface area contributed by atoms with Crippen LogP contribution in [0.1, 0.15) is 15.9 Å². The molecule has 1 amide bonds. The van der Waals surface area contributed by atoms with E-state index in [1.54, 1.807) is 0 Å². The van der Waals surface area contributed by atoms with E-state index in [2.05, 4.69) is 10.5 Å². The number of carbonyl (C=O) groups excluding carboxylic acids is 1. The van der Waals surface area contributed by atoms with Crippen LogP contribution < -0.4 is 11.1 Å². The van der Waals surface area contributed by atoms with Crippen LogP contribution in [0, 0.1) is 5.82 Å². The number of hydrogen-bond donors (Lipinski definition) is 3. The number of nitrogens with two attached hydrogens (primary N) is 1. The third kappa shape index (κ3) is 3.49. The van der Waals surface area contributed by atoms with Crippen molar-refractivity contribution in [2.45, 2.75) is 0 Å². The molecule has 7 heteroatoms. The summed E-state index contributed by atoms with van der Waals surface area (Å²) in [6, 6.07) is 9.73. The highest BCUT2D eigenvalue weighted by Crippen LogP contribution is 2.23. The highest BCUT2D eigenvalue weighted by molar-refractivity contribution is 6.33. The Balaban J connectivity index is 2.19. The van der Waals surface area contributed by atoms with Crippen molar-refractivity contribution >= 4 is 29.0 Å². The first-order valence-electron chi connectivity index (χ1n) is 5.85. The van der Waals surface area contributed by atoms with Gasteiger partial charge in [0.15, 0.2) is 5.84 Å². The highest BCUT2D eigenvalue weighted by Gasteiger charge is 2.10. The number of carbonyl (C=O) groups is 1. The molecule has 2 rings (SSSR count). The summed E-state index contributed by atoms with van der Waals surface area (Å²) >= 11 is 5.87. The lowest BCUT2D eigenvalue weighted by molar-refractivity contribution is 0.102. The van der Waals surface area contributed by atoms with Gasteiger partial charge in [-0.25, -0.2) is 4.39 Å². The molecule has 0 radical (unpaired) electrons.